The molecule has 0 saturated heterocycles. The monoisotopic (exact) mass is 400 g/mol. The third-order valence-electron chi connectivity index (χ3n) is 6.51. The molecule has 4 nitrogen and oxygen atoms in total. The number of hydrogen-bond acceptors (Lipinski definition) is 2. The molecular formula is C26H28N2O2. The first kappa shape index (κ1) is 19.0. The quantitative estimate of drug-likeness (QED) is 0.570. The summed E-state index contributed by atoms with van der Waals surface area (Å²) in [5.74, 6) is 1.08. The number of amides is 1. The van der Waals surface area contributed by atoms with Crippen LogP contribution >= 0.6 is 0 Å². The van der Waals surface area contributed by atoms with E-state index in [-0.39, 0.29) is 11.9 Å². The molecule has 1 aliphatic carbocycles. The van der Waals surface area contributed by atoms with Gasteiger partial charge in [0, 0.05) is 34.1 Å². The Labute approximate surface area is 177 Å². The highest BCUT2D eigenvalue weighted by Gasteiger charge is 2.42. The Morgan fingerprint density at radius 3 is 2.77 bits per heavy atom. The molecule has 1 amide bonds. The van der Waals surface area contributed by atoms with Crippen LogP contribution in [0.1, 0.15) is 50.6 Å². The minimum absolute atomic E-state index is 0.0186. The van der Waals surface area contributed by atoms with Crippen molar-refractivity contribution in [3.63, 3.8) is 0 Å². The number of para-hydroxylation sites is 1. The summed E-state index contributed by atoms with van der Waals surface area (Å²) in [6.45, 7) is 2.94. The van der Waals surface area contributed by atoms with Gasteiger partial charge in [-0.25, -0.2) is 0 Å². The van der Waals surface area contributed by atoms with Crippen LogP contribution in [-0.2, 0) is 4.79 Å². The van der Waals surface area contributed by atoms with Crippen LogP contribution in [0.15, 0.2) is 59.7 Å². The summed E-state index contributed by atoms with van der Waals surface area (Å²) in [6, 6.07) is 16.7. The molecule has 1 N–H and O–H groups in total. The van der Waals surface area contributed by atoms with Gasteiger partial charge in [-0.15, -0.1) is 0 Å². The standard InChI is InChI=1S/C26H28N2O2/c1-3-15-28-25(19-11-4-5-12-20(19)26(28)29)23-21-13-6-7-14-22(21)27-24(23)17-9-8-10-18(16-17)30-2/h6-10,13-14,16,25,27H,3-5,11-12,15H2,1-2H3. The largest absolute Gasteiger partial charge is 0.497 e. The lowest BCUT2D eigenvalue weighted by molar-refractivity contribution is -0.127. The van der Waals surface area contributed by atoms with E-state index in [2.05, 4.69) is 53.2 Å². The molecule has 3 aromatic rings. The van der Waals surface area contributed by atoms with E-state index in [0.717, 1.165) is 60.3 Å². The Morgan fingerprint density at radius 1 is 1.10 bits per heavy atom. The third kappa shape index (κ3) is 2.94. The molecule has 1 atom stereocenters. The predicted octanol–water partition coefficient (Wildman–Crippen LogP) is 6.01. The zero-order valence-corrected chi connectivity index (χ0v) is 17.7. The number of rotatable bonds is 5. The number of H-pyrrole nitrogens is 1. The molecule has 0 bridgehead atoms. The molecule has 5 rings (SSSR count). The summed E-state index contributed by atoms with van der Waals surface area (Å²) in [7, 11) is 1.70. The van der Waals surface area contributed by atoms with Gasteiger partial charge < -0.3 is 14.6 Å². The molecule has 2 heterocycles. The molecule has 2 aromatic carbocycles. The maximum absolute atomic E-state index is 13.4. The Bertz CT molecular complexity index is 1140. The zero-order valence-electron chi connectivity index (χ0n) is 17.7. The maximum atomic E-state index is 13.4. The van der Waals surface area contributed by atoms with E-state index in [9.17, 15) is 4.79 Å². The minimum atomic E-state index is 0.0186. The van der Waals surface area contributed by atoms with Crippen molar-refractivity contribution in [3.05, 3.63) is 65.2 Å². The first-order valence-corrected chi connectivity index (χ1v) is 11.0. The lowest BCUT2D eigenvalue weighted by Crippen LogP contribution is -2.31. The van der Waals surface area contributed by atoms with E-state index in [1.807, 2.05) is 12.1 Å². The van der Waals surface area contributed by atoms with E-state index in [4.69, 9.17) is 4.74 Å². The van der Waals surface area contributed by atoms with Crippen molar-refractivity contribution in [2.45, 2.75) is 45.1 Å². The highest BCUT2D eigenvalue weighted by atomic mass is 16.5. The molecule has 0 saturated carbocycles. The molecule has 1 aliphatic heterocycles. The van der Waals surface area contributed by atoms with Gasteiger partial charge in [0.2, 0.25) is 0 Å². The number of hydrogen-bond donors (Lipinski definition) is 1. The van der Waals surface area contributed by atoms with Crippen LogP contribution < -0.4 is 4.74 Å². The van der Waals surface area contributed by atoms with Crippen molar-refractivity contribution in [2.24, 2.45) is 0 Å². The lowest BCUT2D eigenvalue weighted by Gasteiger charge is -2.28. The fraction of sp³-hybridized carbons (Fsp3) is 0.346. The summed E-state index contributed by atoms with van der Waals surface area (Å²) in [4.78, 5) is 19.1. The van der Waals surface area contributed by atoms with E-state index in [0.29, 0.717) is 0 Å². The Morgan fingerprint density at radius 2 is 1.93 bits per heavy atom. The predicted molar refractivity (Wildman–Crippen MR) is 121 cm³/mol. The fourth-order valence-electron chi connectivity index (χ4n) is 5.21. The summed E-state index contributed by atoms with van der Waals surface area (Å²) < 4.78 is 5.49. The van der Waals surface area contributed by atoms with Gasteiger partial charge in [-0.2, -0.15) is 0 Å². The normalized spacial score (nSPS) is 18.9. The van der Waals surface area contributed by atoms with Gasteiger partial charge in [0.25, 0.3) is 5.91 Å². The number of methoxy groups -OCH3 is 1. The average Bonchev–Trinajstić information content (AvgIpc) is 3.30. The number of nitrogens with zero attached hydrogens (tertiary/aromatic N) is 1. The third-order valence-corrected chi connectivity index (χ3v) is 6.51. The Kier molecular flexibility index (Phi) is 4.86. The number of ether oxygens (including phenoxy) is 1. The van der Waals surface area contributed by atoms with Crippen molar-refractivity contribution in [1.29, 1.82) is 0 Å². The molecule has 154 valence electrons. The number of fused-ring (bicyclic) bond motifs is 1. The van der Waals surface area contributed by atoms with Crippen LogP contribution in [-0.4, -0.2) is 29.4 Å². The van der Waals surface area contributed by atoms with Gasteiger partial charge in [0.15, 0.2) is 0 Å². The van der Waals surface area contributed by atoms with Crippen LogP contribution in [0.25, 0.3) is 22.2 Å². The van der Waals surface area contributed by atoms with E-state index in [1.165, 1.54) is 22.9 Å². The topological polar surface area (TPSA) is 45.3 Å². The van der Waals surface area contributed by atoms with Crippen LogP contribution in [0.3, 0.4) is 0 Å². The Hall–Kier alpha value is -3.01. The van der Waals surface area contributed by atoms with Crippen LogP contribution in [0, 0.1) is 0 Å². The smallest absolute Gasteiger partial charge is 0.250 e. The van der Waals surface area contributed by atoms with Crippen LogP contribution in [0.5, 0.6) is 5.75 Å². The van der Waals surface area contributed by atoms with Gasteiger partial charge in [-0.3, -0.25) is 4.79 Å². The second kappa shape index (κ2) is 7.67. The van der Waals surface area contributed by atoms with Gasteiger partial charge >= 0.3 is 0 Å². The summed E-state index contributed by atoms with van der Waals surface area (Å²) >= 11 is 0. The Balaban J connectivity index is 1.76. The summed E-state index contributed by atoms with van der Waals surface area (Å²) in [5.41, 5.74) is 6.93. The first-order valence-electron chi connectivity index (χ1n) is 11.0. The van der Waals surface area contributed by atoms with Crippen molar-refractivity contribution in [2.75, 3.05) is 13.7 Å². The maximum Gasteiger partial charge on any atom is 0.250 e. The first-order chi connectivity index (χ1) is 14.7. The van der Waals surface area contributed by atoms with E-state index < -0.39 is 0 Å². The highest BCUT2D eigenvalue weighted by molar-refractivity contribution is 6.00. The molecule has 2 aliphatic rings. The number of carbonyl (C=O) groups is 1. The SMILES string of the molecule is CCCN1C(=O)C2=C(CCCC2)C1c1c(-c2cccc(OC)c2)[nH]c2ccccc12. The summed E-state index contributed by atoms with van der Waals surface area (Å²) in [6.07, 6.45) is 5.18. The second-order valence-corrected chi connectivity index (χ2v) is 8.30. The summed E-state index contributed by atoms with van der Waals surface area (Å²) in [5, 5.41) is 1.20. The van der Waals surface area contributed by atoms with Crippen LogP contribution in [0.4, 0.5) is 0 Å². The molecular weight excluding hydrogens is 372 g/mol. The average molecular weight is 401 g/mol. The molecule has 30 heavy (non-hydrogen) atoms. The molecule has 1 unspecified atom stereocenters. The minimum Gasteiger partial charge on any atom is -0.497 e. The number of aromatic amines is 1. The lowest BCUT2D eigenvalue weighted by atomic mass is 9.86. The second-order valence-electron chi connectivity index (χ2n) is 8.30. The molecule has 4 heteroatoms. The van der Waals surface area contributed by atoms with Gasteiger partial charge in [0.05, 0.1) is 18.8 Å². The zero-order chi connectivity index (χ0) is 20.7. The van der Waals surface area contributed by atoms with E-state index in [1.54, 1.807) is 7.11 Å². The van der Waals surface area contributed by atoms with E-state index >= 15 is 0 Å². The van der Waals surface area contributed by atoms with Crippen LogP contribution in [0.2, 0.25) is 0 Å². The molecule has 0 radical (unpaired) electrons. The van der Waals surface area contributed by atoms with Gasteiger partial charge in [-0.05, 0) is 55.9 Å². The molecule has 0 fully saturated rings. The molecule has 0 spiro atoms. The highest BCUT2D eigenvalue weighted by Crippen LogP contribution is 2.49. The van der Waals surface area contributed by atoms with Gasteiger partial charge in [0.1, 0.15) is 5.75 Å². The van der Waals surface area contributed by atoms with Crippen molar-refractivity contribution in [3.8, 4) is 17.0 Å². The molecule has 1 aromatic heterocycles. The van der Waals surface area contributed by atoms with Crippen molar-refractivity contribution in [1.82, 2.24) is 9.88 Å². The fourth-order valence-corrected chi connectivity index (χ4v) is 5.21. The number of aromatic nitrogens is 1. The number of nitrogens with one attached hydrogen (secondary N) is 1. The van der Waals surface area contributed by atoms with Crippen molar-refractivity contribution >= 4 is 16.8 Å². The van der Waals surface area contributed by atoms with Crippen molar-refractivity contribution < 1.29 is 9.53 Å². The van der Waals surface area contributed by atoms with Gasteiger partial charge in [-0.1, -0.05) is 37.3 Å². The number of benzene rings is 2. The number of carbonyl (C=O) groups excluding carboxylic acids is 1.